The van der Waals surface area contributed by atoms with E-state index in [1.165, 1.54) is 24.3 Å². The fraction of sp³-hybridized carbons (Fsp3) is 0.316. The third-order valence-corrected chi connectivity index (χ3v) is 4.89. The summed E-state index contributed by atoms with van der Waals surface area (Å²) >= 11 is 5.94. The zero-order valence-corrected chi connectivity index (χ0v) is 14.5. The minimum Gasteiger partial charge on any atom is -0.406 e. The van der Waals surface area contributed by atoms with Crippen molar-refractivity contribution in [1.82, 2.24) is 0 Å². The molecular formula is C19H17ClF3NO2. The largest absolute Gasteiger partial charge is 0.573 e. The van der Waals surface area contributed by atoms with Gasteiger partial charge in [0.25, 0.3) is 0 Å². The number of carbonyl (C=O) groups is 1. The third-order valence-electron chi connectivity index (χ3n) is 4.63. The first kappa shape index (κ1) is 18.6. The van der Waals surface area contributed by atoms with Gasteiger partial charge in [0.2, 0.25) is 5.91 Å². The molecule has 1 saturated carbocycles. The second-order valence-corrected chi connectivity index (χ2v) is 6.76. The van der Waals surface area contributed by atoms with Gasteiger partial charge in [0.05, 0.1) is 5.41 Å². The summed E-state index contributed by atoms with van der Waals surface area (Å²) in [5, 5.41) is 3.42. The number of benzene rings is 2. The van der Waals surface area contributed by atoms with Gasteiger partial charge in [-0.15, -0.1) is 13.2 Å². The molecule has 2 aromatic carbocycles. The van der Waals surface area contributed by atoms with Crippen LogP contribution >= 0.6 is 11.6 Å². The Balaban J connectivity index is 1.77. The smallest absolute Gasteiger partial charge is 0.406 e. The normalized spacial score (nSPS) is 16.3. The molecule has 0 unspecified atom stereocenters. The Morgan fingerprint density at radius 1 is 1.00 bits per heavy atom. The fourth-order valence-corrected chi connectivity index (χ4v) is 3.51. The van der Waals surface area contributed by atoms with Gasteiger partial charge >= 0.3 is 6.36 Å². The molecule has 138 valence electrons. The standard InChI is InChI=1S/C19H17ClF3NO2/c20-14-5-3-13(4-6-14)18(11-1-2-12-18)17(25)24-15-7-9-16(10-8-15)26-19(21,22)23/h3-10H,1-2,11-12H2,(H,24,25). The molecule has 1 N–H and O–H groups in total. The zero-order chi connectivity index (χ0) is 18.8. The SMILES string of the molecule is O=C(Nc1ccc(OC(F)(F)F)cc1)C1(c2ccc(Cl)cc2)CCCC1. The summed E-state index contributed by atoms with van der Waals surface area (Å²) in [6, 6.07) is 12.4. The minimum atomic E-state index is -4.74. The van der Waals surface area contributed by atoms with Crippen molar-refractivity contribution in [2.45, 2.75) is 37.5 Å². The maximum absolute atomic E-state index is 13.0. The predicted molar refractivity (Wildman–Crippen MR) is 93.4 cm³/mol. The number of carbonyl (C=O) groups excluding carboxylic acids is 1. The Morgan fingerprint density at radius 3 is 2.12 bits per heavy atom. The van der Waals surface area contributed by atoms with Crippen LogP contribution in [0.3, 0.4) is 0 Å². The van der Waals surface area contributed by atoms with Crippen molar-refractivity contribution in [2.75, 3.05) is 5.32 Å². The van der Waals surface area contributed by atoms with Crippen LogP contribution in [0.1, 0.15) is 31.2 Å². The summed E-state index contributed by atoms with van der Waals surface area (Å²) in [5.41, 5.74) is 0.671. The summed E-state index contributed by atoms with van der Waals surface area (Å²) < 4.78 is 40.5. The van der Waals surface area contributed by atoms with Gasteiger partial charge in [-0.05, 0) is 54.8 Å². The fourth-order valence-electron chi connectivity index (χ4n) is 3.38. The molecule has 0 saturated heterocycles. The van der Waals surface area contributed by atoms with Crippen molar-refractivity contribution in [2.24, 2.45) is 0 Å². The summed E-state index contributed by atoms with van der Waals surface area (Å²) in [4.78, 5) is 13.0. The van der Waals surface area contributed by atoms with Crippen LogP contribution < -0.4 is 10.1 Å². The van der Waals surface area contributed by atoms with Gasteiger partial charge in [0, 0.05) is 10.7 Å². The molecule has 0 atom stereocenters. The molecule has 0 heterocycles. The highest BCUT2D eigenvalue weighted by atomic mass is 35.5. The molecule has 1 aliphatic rings. The van der Waals surface area contributed by atoms with E-state index < -0.39 is 11.8 Å². The van der Waals surface area contributed by atoms with Crippen LogP contribution in [0.5, 0.6) is 5.75 Å². The minimum absolute atomic E-state index is 0.165. The molecule has 1 fully saturated rings. The van der Waals surface area contributed by atoms with Crippen LogP contribution in [-0.2, 0) is 10.2 Å². The van der Waals surface area contributed by atoms with Crippen LogP contribution in [0.15, 0.2) is 48.5 Å². The maximum Gasteiger partial charge on any atom is 0.573 e. The highest BCUT2D eigenvalue weighted by Crippen LogP contribution is 2.42. The third kappa shape index (κ3) is 4.12. The molecule has 0 spiro atoms. The number of amides is 1. The highest BCUT2D eigenvalue weighted by Gasteiger charge is 2.42. The molecular weight excluding hydrogens is 367 g/mol. The average Bonchev–Trinajstić information content (AvgIpc) is 3.07. The van der Waals surface area contributed by atoms with Crippen LogP contribution in [0.25, 0.3) is 0 Å². The van der Waals surface area contributed by atoms with Gasteiger partial charge in [-0.25, -0.2) is 0 Å². The lowest BCUT2D eigenvalue weighted by Crippen LogP contribution is -2.37. The second kappa shape index (κ2) is 7.19. The molecule has 0 radical (unpaired) electrons. The van der Waals surface area contributed by atoms with Gasteiger partial charge < -0.3 is 10.1 Å². The van der Waals surface area contributed by atoms with E-state index in [0.717, 1.165) is 31.2 Å². The summed E-state index contributed by atoms with van der Waals surface area (Å²) in [7, 11) is 0. The second-order valence-electron chi connectivity index (χ2n) is 6.32. The Morgan fingerprint density at radius 2 is 1.58 bits per heavy atom. The van der Waals surface area contributed by atoms with Crippen molar-refractivity contribution >= 4 is 23.2 Å². The molecule has 1 amide bonds. The number of hydrogen-bond acceptors (Lipinski definition) is 2. The number of ether oxygens (including phenoxy) is 1. The molecule has 0 aromatic heterocycles. The summed E-state index contributed by atoms with van der Waals surface area (Å²) in [5.74, 6) is -0.495. The van der Waals surface area contributed by atoms with Gasteiger partial charge in [-0.2, -0.15) is 0 Å². The Labute approximate surface area is 154 Å². The number of halogens is 4. The lowest BCUT2D eigenvalue weighted by atomic mass is 9.78. The Bertz CT molecular complexity index is 767. The summed E-state index contributed by atoms with van der Waals surface area (Å²) in [6.07, 6.45) is -1.43. The first-order chi connectivity index (χ1) is 12.3. The Kier molecular flexibility index (Phi) is 5.14. The monoisotopic (exact) mass is 383 g/mol. The van der Waals surface area contributed by atoms with Crippen molar-refractivity contribution in [3.8, 4) is 5.75 Å². The van der Waals surface area contributed by atoms with Crippen molar-refractivity contribution in [3.05, 3.63) is 59.1 Å². The van der Waals surface area contributed by atoms with Gasteiger partial charge in [0.15, 0.2) is 0 Å². The van der Waals surface area contributed by atoms with Crippen LogP contribution in [-0.4, -0.2) is 12.3 Å². The van der Waals surface area contributed by atoms with E-state index in [1.807, 2.05) is 12.1 Å². The topological polar surface area (TPSA) is 38.3 Å². The number of rotatable bonds is 4. The van der Waals surface area contributed by atoms with E-state index in [0.29, 0.717) is 10.7 Å². The molecule has 3 rings (SSSR count). The van der Waals surface area contributed by atoms with E-state index in [9.17, 15) is 18.0 Å². The zero-order valence-electron chi connectivity index (χ0n) is 13.8. The number of alkyl halides is 3. The first-order valence-electron chi connectivity index (χ1n) is 8.22. The van der Waals surface area contributed by atoms with E-state index in [-0.39, 0.29) is 11.7 Å². The number of nitrogens with one attached hydrogen (secondary N) is 1. The molecule has 1 aliphatic carbocycles. The number of anilines is 1. The maximum atomic E-state index is 13.0. The molecule has 0 bridgehead atoms. The van der Waals surface area contributed by atoms with E-state index in [4.69, 9.17) is 11.6 Å². The van der Waals surface area contributed by atoms with Crippen molar-refractivity contribution < 1.29 is 22.7 Å². The van der Waals surface area contributed by atoms with Gasteiger partial charge in [0.1, 0.15) is 5.75 Å². The lowest BCUT2D eigenvalue weighted by Gasteiger charge is -2.28. The predicted octanol–water partition coefficient (Wildman–Crippen LogP) is 5.69. The first-order valence-corrected chi connectivity index (χ1v) is 8.60. The van der Waals surface area contributed by atoms with Crippen molar-refractivity contribution in [3.63, 3.8) is 0 Å². The van der Waals surface area contributed by atoms with Crippen LogP contribution in [0, 0.1) is 0 Å². The van der Waals surface area contributed by atoms with E-state index in [1.54, 1.807) is 12.1 Å². The lowest BCUT2D eigenvalue weighted by molar-refractivity contribution is -0.274. The van der Waals surface area contributed by atoms with Crippen LogP contribution in [0.4, 0.5) is 18.9 Å². The van der Waals surface area contributed by atoms with Gasteiger partial charge in [-0.3, -0.25) is 4.79 Å². The molecule has 26 heavy (non-hydrogen) atoms. The van der Waals surface area contributed by atoms with E-state index in [2.05, 4.69) is 10.1 Å². The quantitative estimate of drug-likeness (QED) is 0.736. The van der Waals surface area contributed by atoms with Crippen LogP contribution in [0.2, 0.25) is 5.02 Å². The average molecular weight is 384 g/mol. The molecule has 2 aromatic rings. The van der Waals surface area contributed by atoms with Gasteiger partial charge in [-0.1, -0.05) is 36.6 Å². The van der Waals surface area contributed by atoms with E-state index >= 15 is 0 Å². The number of hydrogen-bond donors (Lipinski definition) is 1. The van der Waals surface area contributed by atoms with Crippen molar-refractivity contribution in [1.29, 1.82) is 0 Å². The molecule has 7 heteroatoms. The molecule has 0 aliphatic heterocycles. The highest BCUT2D eigenvalue weighted by molar-refractivity contribution is 6.30. The Hall–Kier alpha value is -2.21. The molecule has 3 nitrogen and oxygen atoms in total. The summed E-state index contributed by atoms with van der Waals surface area (Å²) in [6.45, 7) is 0.